The van der Waals surface area contributed by atoms with Crippen LogP contribution in [0.5, 0.6) is 5.75 Å². The van der Waals surface area contributed by atoms with E-state index in [1.165, 1.54) is 0 Å². The summed E-state index contributed by atoms with van der Waals surface area (Å²) in [6.45, 7) is 1.78. The minimum Gasteiger partial charge on any atom is -0.497 e. The summed E-state index contributed by atoms with van der Waals surface area (Å²) >= 11 is 0. The Morgan fingerprint density at radius 3 is 2.63 bits per heavy atom. The monoisotopic (exact) mass is 253 g/mol. The number of benzene rings is 2. The maximum absolute atomic E-state index is 12.1. The normalized spacial score (nSPS) is 11.8. The average molecular weight is 253 g/mol. The van der Waals surface area contributed by atoms with Gasteiger partial charge in [0.05, 0.1) is 13.2 Å². The second kappa shape index (κ2) is 5.53. The number of carbonyl (C=O) groups excluding carboxylic acids is 1. The predicted molar refractivity (Wildman–Crippen MR) is 74.2 cm³/mol. The standard InChI is InChI=1S/C16H15NO2/c1-11(7-8-17)16(18)14-4-3-13-10-15(19-2)6-5-12(13)9-14/h3-6,9-11H,7H2,1-2H3. The number of Topliss-reactive ketones (excluding diaryl/α,β-unsaturated/α-hetero) is 1. The first-order valence-electron chi connectivity index (χ1n) is 6.14. The molecule has 0 aliphatic carbocycles. The molecule has 0 radical (unpaired) electrons. The van der Waals surface area contributed by atoms with Crippen LogP contribution in [0.1, 0.15) is 23.7 Å². The molecule has 96 valence electrons. The fraction of sp³-hybridized carbons (Fsp3) is 0.250. The van der Waals surface area contributed by atoms with E-state index in [0.717, 1.165) is 16.5 Å². The smallest absolute Gasteiger partial charge is 0.166 e. The highest BCUT2D eigenvalue weighted by Gasteiger charge is 2.15. The van der Waals surface area contributed by atoms with Gasteiger partial charge in [0.1, 0.15) is 5.75 Å². The SMILES string of the molecule is COc1ccc2cc(C(=O)C(C)CC#N)ccc2c1. The molecular weight excluding hydrogens is 238 g/mol. The number of methoxy groups -OCH3 is 1. The topological polar surface area (TPSA) is 50.1 Å². The largest absolute Gasteiger partial charge is 0.497 e. The van der Waals surface area contributed by atoms with Gasteiger partial charge in [-0.2, -0.15) is 5.26 Å². The van der Waals surface area contributed by atoms with Gasteiger partial charge in [-0.15, -0.1) is 0 Å². The molecular formula is C16H15NO2. The van der Waals surface area contributed by atoms with Gasteiger partial charge in [0.2, 0.25) is 0 Å². The van der Waals surface area contributed by atoms with E-state index < -0.39 is 0 Å². The van der Waals surface area contributed by atoms with Crippen LogP contribution < -0.4 is 4.74 Å². The zero-order valence-electron chi connectivity index (χ0n) is 11.0. The molecule has 2 aromatic carbocycles. The molecule has 0 aliphatic rings. The Labute approximate surface area is 112 Å². The summed E-state index contributed by atoms with van der Waals surface area (Å²) in [6, 6.07) is 13.3. The molecule has 0 saturated heterocycles. The van der Waals surface area contributed by atoms with E-state index in [9.17, 15) is 4.79 Å². The molecule has 1 unspecified atom stereocenters. The van der Waals surface area contributed by atoms with E-state index in [1.54, 1.807) is 20.1 Å². The number of fused-ring (bicyclic) bond motifs is 1. The highest BCUT2D eigenvalue weighted by atomic mass is 16.5. The Hall–Kier alpha value is -2.34. The fourth-order valence-electron chi connectivity index (χ4n) is 2.02. The Kier molecular flexibility index (Phi) is 3.82. The summed E-state index contributed by atoms with van der Waals surface area (Å²) in [7, 11) is 1.63. The summed E-state index contributed by atoms with van der Waals surface area (Å²) in [5, 5.41) is 10.7. The zero-order chi connectivity index (χ0) is 13.8. The lowest BCUT2D eigenvalue weighted by molar-refractivity contribution is 0.0932. The van der Waals surface area contributed by atoms with Gasteiger partial charge in [0.25, 0.3) is 0 Å². The molecule has 0 aromatic heterocycles. The molecule has 19 heavy (non-hydrogen) atoms. The van der Waals surface area contributed by atoms with Gasteiger partial charge in [-0.3, -0.25) is 4.79 Å². The van der Waals surface area contributed by atoms with Crippen molar-refractivity contribution in [2.45, 2.75) is 13.3 Å². The maximum atomic E-state index is 12.1. The molecule has 2 aromatic rings. The molecule has 0 spiro atoms. The minimum atomic E-state index is -0.263. The number of ketones is 1. The van der Waals surface area contributed by atoms with E-state index in [0.29, 0.717) is 5.56 Å². The first-order valence-corrected chi connectivity index (χ1v) is 6.14. The zero-order valence-corrected chi connectivity index (χ0v) is 11.0. The Balaban J connectivity index is 2.37. The Bertz CT molecular complexity index is 655. The Morgan fingerprint density at radius 2 is 1.95 bits per heavy atom. The number of hydrogen-bond acceptors (Lipinski definition) is 3. The van der Waals surface area contributed by atoms with Crippen LogP contribution >= 0.6 is 0 Å². The van der Waals surface area contributed by atoms with Crippen molar-refractivity contribution in [2.75, 3.05) is 7.11 Å². The van der Waals surface area contributed by atoms with Crippen molar-refractivity contribution in [1.82, 2.24) is 0 Å². The molecule has 0 aliphatic heterocycles. The third-order valence-corrected chi connectivity index (χ3v) is 3.18. The third kappa shape index (κ3) is 2.74. The van der Waals surface area contributed by atoms with Gasteiger partial charge in [-0.25, -0.2) is 0 Å². The molecule has 3 heteroatoms. The van der Waals surface area contributed by atoms with E-state index >= 15 is 0 Å². The van der Waals surface area contributed by atoms with Crippen molar-refractivity contribution in [3.63, 3.8) is 0 Å². The van der Waals surface area contributed by atoms with Gasteiger partial charge in [0, 0.05) is 17.9 Å². The second-order valence-electron chi connectivity index (χ2n) is 4.56. The molecule has 0 N–H and O–H groups in total. The lowest BCUT2D eigenvalue weighted by atomic mass is 9.95. The molecule has 0 fully saturated rings. The summed E-state index contributed by atoms with van der Waals surface area (Å²) in [4.78, 5) is 12.1. The molecule has 0 amide bonds. The number of nitriles is 1. The molecule has 3 nitrogen and oxygen atoms in total. The van der Waals surface area contributed by atoms with Gasteiger partial charge < -0.3 is 4.74 Å². The van der Waals surface area contributed by atoms with Crippen molar-refractivity contribution in [3.05, 3.63) is 42.0 Å². The number of hydrogen-bond donors (Lipinski definition) is 0. The number of nitrogens with zero attached hydrogens (tertiary/aromatic N) is 1. The summed E-state index contributed by atoms with van der Waals surface area (Å²) in [5.41, 5.74) is 0.653. The first kappa shape index (κ1) is 13.1. The summed E-state index contributed by atoms with van der Waals surface area (Å²) < 4.78 is 5.17. The molecule has 2 rings (SSSR count). The van der Waals surface area contributed by atoms with E-state index in [2.05, 4.69) is 0 Å². The van der Waals surface area contributed by atoms with Crippen LogP contribution in [0.15, 0.2) is 36.4 Å². The molecule has 0 bridgehead atoms. The van der Waals surface area contributed by atoms with E-state index in [4.69, 9.17) is 10.00 Å². The van der Waals surface area contributed by atoms with Crippen LogP contribution in [-0.4, -0.2) is 12.9 Å². The van der Waals surface area contributed by atoms with Crippen molar-refractivity contribution < 1.29 is 9.53 Å². The highest BCUT2D eigenvalue weighted by molar-refractivity contribution is 6.01. The molecule has 0 saturated carbocycles. The summed E-state index contributed by atoms with van der Waals surface area (Å²) in [6.07, 6.45) is 0.249. The molecule has 1 atom stereocenters. The predicted octanol–water partition coefficient (Wildman–Crippen LogP) is 3.58. The second-order valence-corrected chi connectivity index (χ2v) is 4.56. The maximum Gasteiger partial charge on any atom is 0.166 e. The van der Waals surface area contributed by atoms with Crippen LogP contribution in [0.25, 0.3) is 10.8 Å². The van der Waals surface area contributed by atoms with E-state index in [1.807, 2.05) is 36.4 Å². The number of rotatable bonds is 4. The summed E-state index contributed by atoms with van der Waals surface area (Å²) in [5.74, 6) is 0.546. The first-order chi connectivity index (χ1) is 9.15. The van der Waals surface area contributed by atoms with Crippen LogP contribution in [0.3, 0.4) is 0 Å². The van der Waals surface area contributed by atoms with Crippen molar-refractivity contribution in [2.24, 2.45) is 5.92 Å². The van der Waals surface area contributed by atoms with Crippen LogP contribution in [-0.2, 0) is 0 Å². The highest BCUT2D eigenvalue weighted by Crippen LogP contribution is 2.23. The van der Waals surface area contributed by atoms with Crippen LogP contribution in [0.2, 0.25) is 0 Å². The lowest BCUT2D eigenvalue weighted by Gasteiger charge is -2.08. The molecule has 0 heterocycles. The Morgan fingerprint density at radius 1 is 1.26 bits per heavy atom. The number of carbonyl (C=O) groups is 1. The van der Waals surface area contributed by atoms with Gasteiger partial charge in [0.15, 0.2) is 5.78 Å². The van der Waals surface area contributed by atoms with Crippen molar-refractivity contribution in [1.29, 1.82) is 5.26 Å². The minimum absolute atomic E-state index is 0.0132. The van der Waals surface area contributed by atoms with Gasteiger partial charge in [-0.05, 0) is 29.0 Å². The fourth-order valence-corrected chi connectivity index (χ4v) is 2.02. The quantitative estimate of drug-likeness (QED) is 0.782. The van der Waals surface area contributed by atoms with Crippen LogP contribution in [0.4, 0.5) is 0 Å². The van der Waals surface area contributed by atoms with Gasteiger partial charge >= 0.3 is 0 Å². The van der Waals surface area contributed by atoms with Crippen LogP contribution in [0, 0.1) is 17.2 Å². The van der Waals surface area contributed by atoms with Crippen molar-refractivity contribution in [3.8, 4) is 11.8 Å². The van der Waals surface area contributed by atoms with E-state index in [-0.39, 0.29) is 18.1 Å². The van der Waals surface area contributed by atoms with Crippen molar-refractivity contribution >= 4 is 16.6 Å². The third-order valence-electron chi connectivity index (χ3n) is 3.18. The average Bonchev–Trinajstić information content (AvgIpc) is 2.45. The lowest BCUT2D eigenvalue weighted by Crippen LogP contribution is -2.10. The number of ether oxygens (including phenoxy) is 1. The van der Waals surface area contributed by atoms with Gasteiger partial charge in [-0.1, -0.05) is 25.1 Å².